The lowest BCUT2D eigenvalue weighted by Gasteiger charge is -2.03. The molecule has 0 aliphatic heterocycles. The standard InChI is InChI=1S/C14H11ClFN3O/c15-11-5-7-17-13(9-11)19-14(20)18-6-4-10-2-1-3-12(16)8-10/h1-9H,(H2,17,18,19,20)/b6-4+. The lowest BCUT2D eigenvalue weighted by molar-refractivity contribution is 0.255. The minimum atomic E-state index is -0.465. The van der Waals surface area contributed by atoms with E-state index >= 15 is 0 Å². The highest BCUT2D eigenvalue weighted by atomic mass is 35.5. The van der Waals surface area contributed by atoms with Crippen LogP contribution in [0.5, 0.6) is 0 Å². The molecule has 6 heteroatoms. The molecule has 20 heavy (non-hydrogen) atoms. The van der Waals surface area contributed by atoms with Crippen LogP contribution in [0, 0.1) is 5.82 Å². The molecule has 4 nitrogen and oxygen atoms in total. The van der Waals surface area contributed by atoms with Gasteiger partial charge in [-0.2, -0.15) is 0 Å². The highest BCUT2D eigenvalue weighted by Gasteiger charge is 2.00. The van der Waals surface area contributed by atoms with Gasteiger partial charge in [-0.1, -0.05) is 23.7 Å². The molecule has 2 amide bonds. The van der Waals surface area contributed by atoms with Gasteiger partial charge < -0.3 is 5.32 Å². The summed E-state index contributed by atoms with van der Waals surface area (Å²) in [6.07, 6.45) is 4.48. The van der Waals surface area contributed by atoms with Gasteiger partial charge in [-0.25, -0.2) is 14.2 Å². The Morgan fingerprint density at radius 1 is 1.30 bits per heavy atom. The maximum absolute atomic E-state index is 12.9. The van der Waals surface area contributed by atoms with Crippen molar-refractivity contribution in [2.45, 2.75) is 0 Å². The van der Waals surface area contributed by atoms with Crippen LogP contribution in [0.2, 0.25) is 5.02 Å². The summed E-state index contributed by atoms with van der Waals surface area (Å²) in [5, 5.41) is 5.47. The number of hydrogen-bond donors (Lipinski definition) is 2. The molecule has 2 aromatic rings. The van der Waals surface area contributed by atoms with Gasteiger partial charge in [0.05, 0.1) is 0 Å². The van der Waals surface area contributed by atoms with E-state index in [0.29, 0.717) is 16.4 Å². The van der Waals surface area contributed by atoms with Crippen LogP contribution >= 0.6 is 11.6 Å². The maximum Gasteiger partial charge on any atom is 0.324 e. The van der Waals surface area contributed by atoms with E-state index in [1.807, 2.05) is 0 Å². The second-order valence-corrected chi connectivity index (χ2v) is 4.28. The number of amides is 2. The van der Waals surface area contributed by atoms with E-state index in [2.05, 4.69) is 15.6 Å². The summed E-state index contributed by atoms with van der Waals surface area (Å²) >= 11 is 5.77. The third kappa shape index (κ3) is 4.37. The molecular weight excluding hydrogens is 281 g/mol. The molecule has 1 aromatic heterocycles. The quantitative estimate of drug-likeness (QED) is 0.906. The van der Waals surface area contributed by atoms with Crippen LogP contribution in [0.3, 0.4) is 0 Å². The Bertz CT molecular complexity index is 646. The van der Waals surface area contributed by atoms with Crippen molar-refractivity contribution in [2.75, 3.05) is 5.32 Å². The van der Waals surface area contributed by atoms with Crippen molar-refractivity contribution in [3.8, 4) is 0 Å². The number of nitrogens with zero attached hydrogens (tertiary/aromatic N) is 1. The lowest BCUT2D eigenvalue weighted by atomic mass is 10.2. The van der Waals surface area contributed by atoms with Crippen molar-refractivity contribution in [3.63, 3.8) is 0 Å². The molecule has 0 atom stereocenters. The summed E-state index contributed by atoms with van der Waals surface area (Å²) in [4.78, 5) is 15.5. The molecule has 0 fully saturated rings. The topological polar surface area (TPSA) is 54.0 Å². The summed E-state index contributed by atoms with van der Waals surface area (Å²) in [6, 6.07) is 8.68. The van der Waals surface area contributed by atoms with Crippen LogP contribution < -0.4 is 10.6 Å². The molecule has 0 spiro atoms. The number of carbonyl (C=O) groups excluding carboxylic acids is 1. The van der Waals surface area contributed by atoms with Crippen LogP contribution in [0.4, 0.5) is 15.0 Å². The highest BCUT2D eigenvalue weighted by Crippen LogP contribution is 2.11. The number of hydrogen-bond acceptors (Lipinski definition) is 2. The third-order valence-electron chi connectivity index (χ3n) is 2.30. The van der Waals surface area contributed by atoms with Gasteiger partial charge in [0.15, 0.2) is 0 Å². The van der Waals surface area contributed by atoms with Gasteiger partial charge >= 0.3 is 6.03 Å². The van der Waals surface area contributed by atoms with Crippen molar-refractivity contribution in [2.24, 2.45) is 0 Å². The molecule has 0 bridgehead atoms. The Labute approximate surface area is 120 Å². The lowest BCUT2D eigenvalue weighted by Crippen LogP contribution is -2.24. The average Bonchev–Trinajstić information content (AvgIpc) is 2.38. The Morgan fingerprint density at radius 2 is 2.15 bits per heavy atom. The van der Waals surface area contributed by atoms with Gasteiger partial charge in [0.25, 0.3) is 0 Å². The van der Waals surface area contributed by atoms with Gasteiger partial charge in [0.2, 0.25) is 0 Å². The average molecular weight is 292 g/mol. The fourth-order valence-corrected chi connectivity index (χ4v) is 1.61. The van der Waals surface area contributed by atoms with Gasteiger partial charge in [0.1, 0.15) is 11.6 Å². The number of urea groups is 1. The van der Waals surface area contributed by atoms with E-state index in [0.717, 1.165) is 0 Å². The highest BCUT2D eigenvalue weighted by molar-refractivity contribution is 6.30. The van der Waals surface area contributed by atoms with E-state index in [1.54, 1.807) is 24.3 Å². The first-order valence-corrected chi connectivity index (χ1v) is 6.12. The molecule has 0 unspecified atom stereocenters. The van der Waals surface area contributed by atoms with Crippen LogP contribution in [0.25, 0.3) is 6.08 Å². The van der Waals surface area contributed by atoms with Crippen molar-refractivity contribution < 1.29 is 9.18 Å². The normalized spacial score (nSPS) is 10.5. The predicted octanol–water partition coefficient (Wildman–Crippen LogP) is 3.67. The van der Waals surface area contributed by atoms with E-state index < -0.39 is 6.03 Å². The minimum absolute atomic E-state index is 0.334. The first kappa shape index (κ1) is 14.0. The molecule has 2 rings (SSSR count). The predicted molar refractivity (Wildman–Crippen MR) is 76.8 cm³/mol. The number of pyridine rings is 1. The fourth-order valence-electron chi connectivity index (χ4n) is 1.45. The SMILES string of the molecule is O=C(N/C=C/c1cccc(F)c1)Nc1cc(Cl)ccn1. The molecule has 0 aliphatic carbocycles. The second-order valence-electron chi connectivity index (χ2n) is 3.85. The first-order chi connectivity index (χ1) is 9.63. The summed E-state index contributed by atoms with van der Waals surface area (Å²) < 4.78 is 12.9. The van der Waals surface area contributed by atoms with E-state index in [1.165, 1.54) is 30.6 Å². The van der Waals surface area contributed by atoms with Gasteiger partial charge in [-0.05, 0) is 35.9 Å². The molecule has 102 valence electrons. The zero-order chi connectivity index (χ0) is 14.4. The summed E-state index contributed by atoms with van der Waals surface area (Å²) in [7, 11) is 0. The molecule has 1 heterocycles. The summed E-state index contributed by atoms with van der Waals surface area (Å²) in [6.45, 7) is 0. The Morgan fingerprint density at radius 3 is 2.90 bits per heavy atom. The summed E-state index contributed by atoms with van der Waals surface area (Å²) in [5.74, 6) is 0.00823. The number of carbonyl (C=O) groups is 1. The third-order valence-corrected chi connectivity index (χ3v) is 2.54. The van der Waals surface area contributed by atoms with E-state index in [4.69, 9.17) is 11.6 Å². The molecule has 1 aromatic carbocycles. The largest absolute Gasteiger partial charge is 0.324 e. The smallest absolute Gasteiger partial charge is 0.314 e. The van der Waals surface area contributed by atoms with Gasteiger partial charge in [0, 0.05) is 17.4 Å². The van der Waals surface area contributed by atoms with Crippen molar-refractivity contribution in [1.82, 2.24) is 10.3 Å². The Hall–Kier alpha value is -2.40. The summed E-state index contributed by atoms with van der Waals surface area (Å²) in [5.41, 5.74) is 0.645. The minimum Gasteiger partial charge on any atom is -0.314 e. The van der Waals surface area contributed by atoms with Crippen molar-refractivity contribution in [1.29, 1.82) is 0 Å². The van der Waals surface area contributed by atoms with Gasteiger partial charge in [-0.3, -0.25) is 5.32 Å². The number of nitrogens with one attached hydrogen (secondary N) is 2. The number of benzene rings is 1. The number of aromatic nitrogens is 1. The van der Waals surface area contributed by atoms with E-state index in [-0.39, 0.29) is 5.82 Å². The number of rotatable bonds is 3. The maximum atomic E-state index is 12.9. The fraction of sp³-hybridized carbons (Fsp3) is 0. The van der Waals surface area contributed by atoms with Crippen LogP contribution in [0.1, 0.15) is 5.56 Å². The second kappa shape index (κ2) is 6.68. The van der Waals surface area contributed by atoms with Crippen LogP contribution in [-0.2, 0) is 0 Å². The zero-order valence-electron chi connectivity index (χ0n) is 10.3. The van der Waals surface area contributed by atoms with Crippen molar-refractivity contribution >= 4 is 29.5 Å². The molecule has 0 radical (unpaired) electrons. The first-order valence-electron chi connectivity index (χ1n) is 5.75. The number of anilines is 1. The van der Waals surface area contributed by atoms with Crippen molar-refractivity contribution in [3.05, 3.63) is 65.2 Å². The van der Waals surface area contributed by atoms with Gasteiger partial charge in [-0.15, -0.1) is 0 Å². The molecule has 0 saturated carbocycles. The Balaban J connectivity index is 1.89. The zero-order valence-corrected chi connectivity index (χ0v) is 11.1. The van der Waals surface area contributed by atoms with E-state index in [9.17, 15) is 9.18 Å². The molecule has 0 aliphatic rings. The molecule has 0 saturated heterocycles. The Kier molecular flexibility index (Phi) is 4.68. The number of halogens is 2. The molecular formula is C14H11ClFN3O. The monoisotopic (exact) mass is 291 g/mol. The molecule has 2 N–H and O–H groups in total. The van der Waals surface area contributed by atoms with Crippen LogP contribution in [-0.4, -0.2) is 11.0 Å². The van der Waals surface area contributed by atoms with Crippen LogP contribution in [0.15, 0.2) is 48.8 Å².